The second-order valence-electron chi connectivity index (χ2n) is 5.20. The van der Waals surface area contributed by atoms with E-state index in [0.717, 1.165) is 18.8 Å². The standard InChI is InChI=1S/C13H21N3OS/c1-10-13(4-6-18-10)15-11-7-14-16(8-11)9-12-3-2-5-17-12/h7-8,10,12-13,15H,2-6,9H2,1H3. The lowest BCUT2D eigenvalue weighted by Crippen LogP contribution is -2.24. The van der Waals surface area contributed by atoms with Crippen LogP contribution in [-0.4, -0.2) is 39.5 Å². The number of hydrogen-bond acceptors (Lipinski definition) is 4. The molecule has 0 bridgehead atoms. The van der Waals surface area contributed by atoms with E-state index in [1.807, 2.05) is 22.6 Å². The van der Waals surface area contributed by atoms with Gasteiger partial charge in [0.05, 0.1) is 24.5 Å². The largest absolute Gasteiger partial charge is 0.379 e. The van der Waals surface area contributed by atoms with Crippen molar-refractivity contribution in [3.8, 4) is 0 Å². The van der Waals surface area contributed by atoms with Crippen LogP contribution in [-0.2, 0) is 11.3 Å². The Morgan fingerprint density at radius 3 is 3.22 bits per heavy atom. The van der Waals surface area contributed by atoms with Gasteiger partial charge in [0, 0.05) is 24.1 Å². The Hall–Kier alpha value is -0.680. The van der Waals surface area contributed by atoms with E-state index < -0.39 is 0 Å². The molecule has 3 heterocycles. The van der Waals surface area contributed by atoms with E-state index in [1.165, 1.54) is 25.0 Å². The van der Waals surface area contributed by atoms with Crippen molar-refractivity contribution in [3.63, 3.8) is 0 Å². The lowest BCUT2D eigenvalue weighted by Gasteiger charge is -2.16. The molecular formula is C13H21N3OS. The fourth-order valence-electron chi connectivity index (χ4n) is 2.67. The quantitative estimate of drug-likeness (QED) is 0.909. The third-order valence-corrected chi connectivity index (χ3v) is 5.10. The van der Waals surface area contributed by atoms with E-state index in [9.17, 15) is 0 Å². The van der Waals surface area contributed by atoms with Crippen molar-refractivity contribution < 1.29 is 4.74 Å². The van der Waals surface area contributed by atoms with Gasteiger partial charge in [0.1, 0.15) is 0 Å². The summed E-state index contributed by atoms with van der Waals surface area (Å²) in [4.78, 5) is 0. The monoisotopic (exact) mass is 267 g/mol. The summed E-state index contributed by atoms with van der Waals surface area (Å²) < 4.78 is 7.64. The van der Waals surface area contributed by atoms with Gasteiger partial charge in [-0.3, -0.25) is 4.68 Å². The van der Waals surface area contributed by atoms with Crippen LogP contribution in [0.1, 0.15) is 26.2 Å². The first-order valence-electron chi connectivity index (χ1n) is 6.83. The summed E-state index contributed by atoms with van der Waals surface area (Å²) >= 11 is 2.05. The second kappa shape index (κ2) is 5.53. The Balaban J connectivity index is 1.55. The molecule has 0 amide bonds. The summed E-state index contributed by atoms with van der Waals surface area (Å²) in [6.45, 7) is 4.09. The SMILES string of the molecule is CC1SCCC1Nc1cnn(CC2CCCO2)c1. The number of nitrogens with one attached hydrogen (secondary N) is 1. The molecule has 2 fully saturated rings. The average Bonchev–Trinajstić information content (AvgIpc) is 3.06. The zero-order valence-corrected chi connectivity index (χ0v) is 11.7. The van der Waals surface area contributed by atoms with Crippen LogP contribution in [0.15, 0.2) is 12.4 Å². The predicted molar refractivity (Wildman–Crippen MR) is 75.1 cm³/mol. The fourth-order valence-corrected chi connectivity index (χ4v) is 3.87. The number of aromatic nitrogens is 2. The summed E-state index contributed by atoms with van der Waals surface area (Å²) in [5.41, 5.74) is 1.15. The maximum atomic E-state index is 5.63. The van der Waals surface area contributed by atoms with Crippen molar-refractivity contribution in [1.82, 2.24) is 9.78 Å². The van der Waals surface area contributed by atoms with Crippen LogP contribution in [0.4, 0.5) is 5.69 Å². The number of nitrogens with zero attached hydrogens (tertiary/aromatic N) is 2. The van der Waals surface area contributed by atoms with Gasteiger partial charge in [-0.15, -0.1) is 0 Å². The number of rotatable bonds is 4. The molecule has 2 aliphatic heterocycles. The number of ether oxygens (including phenoxy) is 1. The van der Waals surface area contributed by atoms with Crippen LogP contribution in [0.2, 0.25) is 0 Å². The molecule has 100 valence electrons. The van der Waals surface area contributed by atoms with Crippen LogP contribution in [0, 0.1) is 0 Å². The molecule has 5 heteroatoms. The molecule has 1 aromatic heterocycles. The zero-order chi connectivity index (χ0) is 12.4. The fraction of sp³-hybridized carbons (Fsp3) is 0.769. The molecule has 3 rings (SSSR count). The molecule has 0 aromatic carbocycles. The molecule has 4 nitrogen and oxygen atoms in total. The first kappa shape index (κ1) is 12.4. The highest BCUT2D eigenvalue weighted by molar-refractivity contribution is 8.00. The normalized spacial score (nSPS) is 31.9. The summed E-state index contributed by atoms with van der Waals surface area (Å²) in [6.07, 6.45) is 8.01. The first-order chi connectivity index (χ1) is 8.81. The summed E-state index contributed by atoms with van der Waals surface area (Å²) in [7, 11) is 0. The van der Waals surface area contributed by atoms with E-state index in [2.05, 4.69) is 23.5 Å². The first-order valence-corrected chi connectivity index (χ1v) is 7.88. The van der Waals surface area contributed by atoms with Gasteiger partial charge in [0.2, 0.25) is 0 Å². The van der Waals surface area contributed by atoms with Crippen molar-refractivity contribution in [3.05, 3.63) is 12.4 Å². The zero-order valence-electron chi connectivity index (χ0n) is 10.8. The smallest absolute Gasteiger partial charge is 0.0771 e. The van der Waals surface area contributed by atoms with Gasteiger partial charge < -0.3 is 10.1 Å². The molecule has 2 aliphatic rings. The Kier molecular flexibility index (Phi) is 3.80. The topological polar surface area (TPSA) is 39.1 Å². The van der Waals surface area contributed by atoms with E-state index in [-0.39, 0.29) is 0 Å². The summed E-state index contributed by atoms with van der Waals surface area (Å²) in [5.74, 6) is 1.27. The lowest BCUT2D eigenvalue weighted by molar-refractivity contribution is 0.0940. The lowest BCUT2D eigenvalue weighted by atomic mass is 10.2. The minimum absolute atomic E-state index is 0.360. The van der Waals surface area contributed by atoms with Crippen molar-refractivity contribution in [2.75, 3.05) is 17.7 Å². The van der Waals surface area contributed by atoms with E-state index >= 15 is 0 Å². The van der Waals surface area contributed by atoms with E-state index in [4.69, 9.17) is 4.74 Å². The summed E-state index contributed by atoms with van der Waals surface area (Å²) in [5, 5.41) is 8.71. The molecule has 3 atom stereocenters. The molecule has 0 radical (unpaired) electrons. The minimum Gasteiger partial charge on any atom is -0.379 e. The Labute approximate surface area is 112 Å². The van der Waals surface area contributed by atoms with Crippen LogP contribution < -0.4 is 5.32 Å². The molecule has 0 saturated carbocycles. The van der Waals surface area contributed by atoms with Gasteiger partial charge >= 0.3 is 0 Å². The van der Waals surface area contributed by atoms with Crippen LogP contribution in [0.25, 0.3) is 0 Å². The van der Waals surface area contributed by atoms with Gasteiger partial charge in [0.15, 0.2) is 0 Å². The maximum absolute atomic E-state index is 5.63. The predicted octanol–water partition coefficient (Wildman–Crippen LogP) is 2.37. The highest BCUT2D eigenvalue weighted by Gasteiger charge is 2.24. The highest BCUT2D eigenvalue weighted by atomic mass is 32.2. The van der Waals surface area contributed by atoms with Gasteiger partial charge in [-0.25, -0.2) is 0 Å². The molecule has 0 spiro atoms. The average molecular weight is 267 g/mol. The summed E-state index contributed by atoms with van der Waals surface area (Å²) in [6, 6.07) is 0.593. The van der Waals surface area contributed by atoms with Gasteiger partial charge in [-0.2, -0.15) is 16.9 Å². The molecule has 2 saturated heterocycles. The van der Waals surface area contributed by atoms with Crippen molar-refractivity contribution >= 4 is 17.4 Å². The Morgan fingerprint density at radius 1 is 1.56 bits per heavy atom. The van der Waals surface area contributed by atoms with E-state index in [1.54, 1.807) is 0 Å². The van der Waals surface area contributed by atoms with Crippen molar-refractivity contribution in [2.45, 2.75) is 50.1 Å². The van der Waals surface area contributed by atoms with Gasteiger partial charge in [-0.05, 0) is 25.0 Å². The number of thioether (sulfide) groups is 1. The maximum Gasteiger partial charge on any atom is 0.0771 e. The molecule has 18 heavy (non-hydrogen) atoms. The molecule has 0 aliphatic carbocycles. The molecular weight excluding hydrogens is 246 g/mol. The minimum atomic E-state index is 0.360. The van der Waals surface area contributed by atoms with E-state index in [0.29, 0.717) is 17.4 Å². The molecule has 3 unspecified atom stereocenters. The third-order valence-electron chi connectivity index (χ3n) is 3.78. The Bertz CT molecular complexity index is 389. The Morgan fingerprint density at radius 2 is 2.50 bits per heavy atom. The number of hydrogen-bond donors (Lipinski definition) is 1. The second-order valence-corrected chi connectivity index (χ2v) is 6.69. The third kappa shape index (κ3) is 2.83. The molecule has 1 N–H and O–H groups in total. The van der Waals surface area contributed by atoms with Crippen LogP contribution in [0.3, 0.4) is 0 Å². The van der Waals surface area contributed by atoms with Gasteiger partial charge in [-0.1, -0.05) is 6.92 Å². The van der Waals surface area contributed by atoms with Crippen molar-refractivity contribution in [2.24, 2.45) is 0 Å². The van der Waals surface area contributed by atoms with Crippen molar-refractivity contribution in [1.29, 1.82) is 0 Å². The van der Waals surface area contributed by atoms with Gasteiger partial charge in [0.25, 0.3) is 0 Å². The van der Waals surface area contributed by atoms with Crippen LogP contribution in [0.5, 0.6) is 0 Å². The highest BCUT2D eigenvalue weighted by Crippen LogP contribution is 2.28. The molecule has 1 aromatic rings. The number of anilines is 1. The van der Waals surface area contributed by atoms with Crippen LogP contribution >= 0.6 is 11.8 Å².